The monoisotopic (exact) mass is 228 g/mol. The first-order valence-corrected chi connectivity index (χ1v) is 5.77. The number of rotatable bonds is 2. The number of nitrogens with zero attached hydrogens (tertiary/aromatic N) is 1. The summed E-state index contributed by atoms with van der Waals surface area (Å²) in [5.74, 6) is -0.0802. The fourth-order valence-electron chi connectivity index (χ4n) is 1.96. The Kier molecular flexibility index (Phi) is 3.09. The normalized spacial score (nSPS) is 10.5. The van der Waals surface area contributed by atoms with E-state index in [0.717, 1.165) is 28.5 Å². The van der Waals surface area contributed by atoms with Gasteiger partial charge in [-0.25, -0.2) is 0 Å². The van der Waals surface area contributed by atoms with Gasteiger partial charge < -0.3 is 5.32 Å². The molecule has 1 aromatic heterocycles. The van der Waals surface area contributed by atoms with Gasteiger partial charge in [0.1, 0.15) is 0 Å². The molecule has 0 aliphatic heterocycles. The predicted molar refractivity (Wildman–Crippen MR) is 69.2 cm³/mol. The van der Waals surface area contributed by atoms with Crippen molar-refractivity contribution < 1.29 is 4.79 Å². The predicted octanol–water partition coefficient (Wildman–Crippen LogP) is 2.47. The number of aromatic nitrogens is 1. The van der Waals surface area contributed by atoms with Crippen molar-refractivity contribution in [3.05, 3.63) is 41.1 Å². The summed E-state index contributed by atoms with van der Waals surface area (Å²) in [5.41, 5.74) is 3.75. The van der Waals surface area contributed by atoms with Gasteiger partial charge in [-0.1, -0.05) is 6.92 Å². The van der Waals surface area contributed by atoms with E-state index >= 15 is 0 Å². The third-order valence-electron chi connectivity index (χ3n) is 3.00. The number of amides is 1. The van der Waals surface area contributed by atoms with Gasteiger partial charge in [-0.15, -0.1) is 0 Å². The fourth-order valence-corrected chi connectivity index (χ4v) is 1.96. The molecule has 0 atom stereocenters. The van der Waals surface area contributed by atoms with E-state index in [9.17, 15) is 4.79 Å². The highest BCUT2D eigenvalue weighted by molar-refractivity contribution is 6.06. The molecule has 2 rings (SSSR count). The molecule has 17 heavy (non-hydrogen) atoms. The summed E-state index contributed by atoms with van der Waals surface area (Å²) in [7, 11) is 1.64. The zero-order valence-electron chi connectivity index (χ0n) is 10.4. The van der Waals surface area contributed by atoms with E-state index in [1.807, 2.05) is 19.1 Å². The summed E-state index contributed by atoms with van der Waals surface area (Å²) in [6.07, 6.45) is 2.66. The van der Waals surface area contributed by atoms with Crippen molar-refractivity contribution in [1.82, 2.24) is 10.3 Å². The van der Waals surface area contributed by atoms with Crippen LogP contribution < -0.4 is 5.32 Å². The van der Waals surface area contributed by atoms with Crippen LogP contribution in [0.5, 0.6) is 0 Å². The third-order valence-corrected chi connectivity index (χ3v) is 3.00. The lowest BCUT2D eigenvalue weighted by molar-refractivity contribution is 0.0964. The van der Waals surface area contributed by atoms with E-state index in [1.165, 1.54) is 0 Å². The van der Waals surface area contributed by atoms with Crippen molar-refractivity contribution in [1.29, 1.82) is 0 Å². The Morgan fingerprint density at radius 3 is 2.82 bits per heavy atom. The molecule has 0 aliphatic rings. The van der Waals surface area contributed by atoms with E-state index in [-0.39, 0.29) is 5.91 Å². The highest BCUT2D eigenvalue weighted by Gasteiger charge is 2.12. The Morgan fingerprint density at radius 2 is 2.18 bits per heavy atom. The Morgan fingerprint density at radius 1 is 1.41 bits per heavy atom. The minimum absolute atomic E-state index is 0.0802. The van der Waals surface area contributed by atoms with Crippen molar-refractivity contribution in [3.8, 4) is 0 Å². The van der Waals surface area contributed by atoms with Crippen LogP contribution in [0.3, 0.4) is 0 Å². The molecule has 1 N–H and O–H groups in total. The molecule has 0 fully saturated rings. The van der Waals surface area contributed by atoms with Gasteiger partial charge in [0.15, 0.2) is 0 Å². The van der Waals surface area contributed by atoms with Crippen molar-refractivity contribution in [2.24, 2.45) is 0 Å². The van der Waals surface area contributed by atoms with Crippen LogP contribution in [0, 0.1) is 6.92 Å². The van der Waals surface area contributed by atoms with Crippen LogP contribution in [0.4, 0.5) is 0 Å². The van der Waals surface area contributed by atoms with Crippen LogP contribution in [0.25, 0.3) is 10.9 Å². The van der Waals surface area contributed by atoms with Gasteiger partial charge in [-0.05, 0) is 42.7 Å². The van der Waals surface area contributed by atoms with Crippen LogP contribution >= 0.6 is 0 Å². The van der Waals surface area contributed by atoms with Gasteiger partial charge in [0.25, 0.3) is 5.91 Å². The SMILES string of the molecule is CCc1cc(C(=O)NC)c2nccc(C)c2c1. The molecule has 1 aromatic carbocycles. The maximum Gasteiger partial charge on any atom is 0.253 e. The molecule has 0 bridgehead atoms. The zero-order valence-corrected chi connectivity index (χ0v) is 10.4. The minimum Gasteiger partial charge on any atom is -0.355 e. The molecule has 1 heterocycles. The number of pyridine rings is 1. The lowest BCUT2D eigenvalue weighted by atomic mass is 10.0. The Bertz CT molecular complexity index is 576. The molecule has 3 nitrogen and oxygen atoms in total. The lowest BCUT2D eigenvalue weighted by Gasteiger charge is -2.09. The number of hydrogen-bond donors (Lipinski definition) is 1. The van der Waals surface area contributed by atoms with E-state index in [1.54, 1.807) is 13.2 Å². The smallest absolute Gasteiger partial charge is 0.253 e. The fraction of sp³-hybridized carbons (Fsp3) is 0.286. The lowest BCUT2D eigenvalue weighted by Crippen LogP contribution is -2.18. The van der Waals surface area contributed by atoms with E-state index < -0.39 is 0 Å². The molecule has 0 saturated heterocycles. The van der Waals surface area contributed by atoms with Crippen LogP contribution in [-0.4, -0.2) is 17.9 Å². The quantitative estimate of drug-likeness (QED) is 0.858. The second kappa shape index (κ2) is 4.53. The molecule has 0 saturated carbocycles. The highest BCUT2D eigenvalue weighted by atomic mass is 16.1. The first-order chi connectivity index (χ1) is 8.17. The number of benzene rings is 1. The van der Waals surface area contributed by atoms with Gasteiger partial charge in [0, 0.05) is 18.6 Å². The van der Waals surface area contributed by atoms with Gasteiger partial charge in [-0.2, -0.15) is 0 Å². The molecule has 2 aromatic rings. The first kappa shape index (κ1) is 11.6. The molecular weight excluding hydrogens is 212 g/mol. The van der Waals surface area contributed by atoms with Crippen molar-refractivity contribution in [3.63, 3.8) is 0 Å². The number of aryl methyl sites for hydroxylation is 2. The molecule has 1 amide bonds. The average Bonchev–Trinajstić information content (AvgIpc) is 2.37. The number of nitrogens with one attached hydrogen (secondary N) is 1. The Hall–Kier alpha value is -1.90. The van der Waals surface area contributed by atoms with Gasteiger partial charge in [0.2, 0.25) is 0 Å². The highest BCUT2D eigenvalue weighted by Crippen LogP contribution is 2.22. The second-order valence-corrected chi connectivity index (χ2v) is 4.10. The molecule has 0 unspecified atom stereocenters. The van der Waals surface area contributed by atoms with Gasteiger partial charge >= 0.3 is 0 Å². The summed E-state index contributed by atoms with van der Waals surface area (Å²) in [4.78, 5) is 16.2. The van der Waals surface area contributed by atoms with E-state index in [4.69, 9.17) is 0 Å². The van der Waals surface area contributed by atoms with Crippen LogP contribution in [0.1, 0.15) is 28.4 Å². The van der Waals surface area contributed by atoms with Crippen molar-refractivity contribution >= 4 is 16.8 Å². The summed E-state index contributed by atoms with van der Waals surface area (Å²) in [6.45, 7) is 4.12. The maximum absolute atomic E-state index is 11.9. The third kappa shape index (κ3) is 2.00. The van der Waals surface area contributed by atoms with Crippen molar-refractivity contribution in [2.45, 2.75) is 20.3 Å². The van der Waals surface area contributed by atoms with Gasteiger partial charge in [-0.3, -0.25) is 9.78 Å². The van der Waals surface area contributed by atoms with Crippen LogP contribution in [-0.2, 0) is 6.42 Å². The topological polar surface area (TPSA) is 42.0 Å². The first-order valence-electron chi connectivity index (χ1n) is 5.77. The van der Waals surface area contributed by atoms with Crippen LogP contribution in [0.2, 0.25) is 0 Å². The van der Waals surface area contributed by atoms with Crippen LogP contribution in [0.15, 0.2) is 24.4 Å². The summed E-state index contributed by atoms with van der Waals surface area (Å²) >= 11 is 0. The zero-order chi connectivity index (χ0) is 12.4. The maximum atomic E-state index is 11.9. The minimum atomic E-state index is -0.0802. The Balaban J connectivity index is 2.80. The number of fused-ring (bicyclic) bond motifs is 1. The van der Waals surface area contributed by atoms with Gasteiger partial charge in [0.05, 0.1) is 11.1 Å². The molecular formula is C14H16N2O. The average molecular weight is 228 g/mol. The number of hydrogen-bond acceptors (Lipinski definition) is 2. The largest absolute Gasteiger partial charge is 0.355 e. The molecule has 3 heteroatoms. The standard InChI is InChI=1S/C14H16N2O/c1-4-10-7-11-9(2)5-6-16-13(11)12(8-10)14(17)15-3/h5-8H,4H2,1-3H3,(H,15,17). The molecule has 0 radical (unpaired) electrons. The molecule has 0 aliphatic carbocycles. The molecule has 88 valence electrons. The van der Waals surface area contributed by atoms with E-state index in [2.05, 4.69) is 23.3 Å². The Labute approximate surface area is 101 Å². The van der Waals surface area contributed by atoms with Crippen molar-refractivity contribution in [2.75, 3.05) is 7.05 Å². The summed E-state index contributed by atoms with van der Waals surface area (Å²) < 4.78 is 0. The number of carbonyl (C=O) groups excluding carboxylic acids is 1. The van der Waals surface area contributed by atoms with E-state index in [0.29, 0.717) is 5.56 Å². The molecule has 0 spiro atoms. The summed E-state index contributed by atoms with van der Waals surface area (Å²) in [6, 6.07) is 6.01. The number of carbonyl (C=O) groups is 1. The second-order valence-electron chi connectivity index (χ2n) is 4.10. The summed E-state index contributed by atoms with van der Waals surface area (Å²) in [5, 5.41) is 3.73.